The van der Waals surface area contributed by atoms with Gasteiger partial charge in [0, 0.05) is 67.6 Å². The van der Waals surface area contributed by atoms with Crippen LogP contribution in [0.1, 0.15) is 27.7 Å². The van der Waals surface area contributed by atoms with E-state index in [1.165, 1.54) is 18.2 Å². The number of phenols is 2. The number of aromatic hydroxyl groups is 3. The van der Waals surface area contributed by atoms with Crippen LogP contribution >= 0.6 is 0 Å². The summed E-state index contributed by atoms with van der Waals surface area (Å²) in [5.41, 5.74) is -0.872. The summed E-state index contributed by atoms with van der Waals surface area (Å²) in [6.07, 6.45) is 1.98. The summed E-state index contributed by atoms with van der Waals surface area (Å²) >= 11 is 0. The molecule has 2 aliphatic rings. The third-order valence-corrected chi connectivity index (χ3v) is 5.10. The van der Waals surface area contributed by atoms with Crippen molar-refractivity contribution in [2.45, 2.75) is 39.3 Å². The molecular weight excluding hydrogens is 612 g/mol. The standard InChI is InChI=1S/C15H10O7.2C6H8O4.Ti/c16-6-1-2-8(9(18)3-6)15-14(21)13(20)12-10(19)4-7(17)5-11(12)22-15;2*1-6(2)9-4(7)3-5(8)10-6;/h1-5,16-19,21H;2*3,7H,1-2H3;/p+4. The molecule has 0 saturated carbocycles. The minimum Gasteiger partial charge on any atom is -0.593 e. The normalized spacial score (nSPS) is 16.1. The minimum absolute atomic E-state index is 0. The topological polar surface area (TPSA) is 254 Å². The third kappa shape index (κ3) is 8.74. The second-order valence-corrected chi connectivity index (χ2v) is 9.57. The van der Waals surface area contributed by atoms with Gasteiger partial charge in [0.1, 0.15) is 34.1 Å². The van der Waals surface area contributed by atoms with E-state index in [0.29, 0.717) is 0 Å². The zero-order chi connectivity index (χ0) is 31.6. The van der Waals surface area contributed by atoms with Gasteiger partial charge < -0.3 is 49.6 Å². The number of hydrogen-bond donors (Lipinski definition) is 3. The Kier molecular flexibility index (Phi) is 10.2. The number of carbonyl (C=O) groups is 2. The maximum Gasteiger partial charge on any atom is 0.462 e. The van der Waals surface area contributed by atoms with Crippen molar-refractivity contribution in [1.82, 2.24) is 0 Å². The fraction of sp³-hybridized carbons (Fsp3) is 0.222. The van der Waals surface area contributed by atoms with E-state index in [1.54, 1.807) is 27.7 Å². The quantitative estimate of drug-likeness (QED) is 0.193. The third-order valence-electron chi connectivity index (χ3n) is 5.10. The van der Waals surface area contributed by atoms with Gasteiger partial charge in [-0.2, -0.15) is 0 Å². The molecule has 2 aromatic carbocycles. The van der Waals surface area contributed by atoms with E-state index < -0.39 is 40.4 Å². The average molecular weight is 642 g/mol. The first kappa shape index (κ1) is 34.2. The zero-order valence-electron chi connectivity index (χ0n) is 23.1. The predicted molar refractivity (Wildman–Crippen MR) is 145 cm³/mol. The number of phenolic OH excluding ortho intramolecular Hbond substituents is 2. The second kappa shape index (κ2) is 12.9. The van der Waals surface area contributed by atoms with Crippen LogP contribution in [0.15, 0.2) is 63.6 Å². The molecule has 16 heteroatoms. The second-order valence-electron chi connectivity index (χ2n) is 9.57. The number of carbonyl (C=O) groups excluding carboxylic acids is 2. The molecule has 0 unspecified atom stereocenters. The van der Waals surface area contributed by atoms with Crippen molar-refractivity contribution >= 4 is 22.9 Å². The minimum atomic E-state index is -0.983. The van der Waals surface area contributed by atoms with Gasteiger partial charge in [-0.05, 0) is 6.07 Å². The number of benzene rings is 2. The van der Waals surface area contributed by atoms with Crippen molar-refractivity contribution in [1.29, 1.82) is 0 Å². The van der Waals surface area contributed by atoms with Gasteiger partial charge >= 0.3 is 35.4 Å². The first-order chi connectivity index (χ1) is 19.4. The maximum atomic E-state index is 12.2. The van der Waals surface area contributed by atoms with Crippen LogP contribution in [0.5, 0.6) is 28.7 Å². The average Bonchev–Trinajstić information content (AvgIpc) is 2.79. The van der Waals surface area contributed by atoms with Crippen molar-refractivity contribution < 1.29 is 90.4 Å². The molecule has 0 saturated heterocycles. The molecule has 11 N–H and O–H groups in total. The number of ether oxygens (including phenoxy) is 4. The Balaban J connectivity index is 0.000000257. The van der Waals surface area contributed by atoms with Crippen molar-refractivity contribution in [2.75, 3.05) is 0 Å². The van der Waals surface area contributed by atoms with E-state index in [9.17, 15) is 29.7 Å². The Labute approximate surface area is 256 Å². The molecule has 0 atom stereocenters. The van der Waals surface area contributed by atoms with Gasteiger partial charge in [-0.15, -0.1) is 0 Å². The summed E-state index contributed by atoms with van der Waals surface area (Å²) in [4.78, 5) is 33.4. The van der Waals surface area contributed by atoms with Gasteiger partial charge in [0.15, 0.2) is 17.9 Å². The van der Waals surface area contributed by atoms with Crippen molar-refractivity contribution in [3.8, 4) is 40.1 Å². The Morgan fingerprint density at radius 2 is 1.23 bits per heavy atom. The molecule has 43 heavy (non-hydrogen) atoms. The molecule has 3 aromatic rings. The Bertz CT molecular complexity index is 1620. The predicted octanol–water partition coefficient (Wildman–Crippen LogP) is 1.17. The molecule has 0 aliphatic carbocycles. The number of fused-ring (bicyclic) bond motifs is 1. The summed E-state index contributed by atoms with van der Waals surface area (Å²) in [6, 6.07) is 6.08. The van der Waals surface area contributed by atoms with Crippen molar-refractivity contribution in [3.63, 3.8) is 0 Å². The molecule has 1 aromatic heterocycles. The summed E-state index contributed by atoms with van der Waals surface area (Å²) in [5.74, 6) is -5.15. The first-order valence-electron chi connectivity index (χ1n) is 11.9. The molecule has 0 radical (unpaired) electrons. The van der Waals surface area contributed by atoms with Crippen LogP contribution in [0, 0.1) is 0 Å². The van der Waals surface area contributed by atoms with Gasteiger partial charge in [0.25, 0.3) is 11.5 Å². The largest absolute Gasteiger partial charge is 0.593 e. The van der Waals surface area contributed by atoms with E-state index in [4.69, 9.17) is 34.3 Å². The van der Waals surface area contributed by atoms with Crippen LogP contribution in [0.25, 0.3) is 22.3 Å². The molecule has 2 aliphatic heterocycles. The van der Waals surface area contributed by atoms with Gasteiger partial charge in [-0.1, -0.05) is 0 Å². The van der Waals surface area contributed by atoms with Gasteiger partial charge in [-0.25, -0.2) is 9.59 Å². The van der Waals surface area contributed by atoms with E-state index in [-0.39, 0.29) is 73.1 Å². The van der Waals surface area contributed by atoms with Crippen molar-refractivity contribution in [3.05, 3.63) is 64.6 Å². The number of cyclic esters (lactones) is 2. The van der Waals surface area contributed by atoms with Crippen LogP contribution in [0.2, 0.25) is 0 Å². The molecule has 0 amide bonds. The molecular formula is C27H30O15Ti+4. The van der Waals surface area contributed by atoms with E-state index >= 15 is 0 Å². The van der Waals surface area contributed by atoms with E-state index in [2.05, 4.69) is 9.47 Å². The van der Waals surface area contributed by atoms with Gasteiger partial charge in [0.05, 0.1) is 0 Å². The zero-order valence-corrected chi connectivity index (χ0v) is 24.7. The van der Waals surface area contributed by atoms with Crippen LogP contribution < -0.4 is 5.43 Å². The first-order valence-corrected chi connectivity index (χ1v) is 11.9. The van der Waals surface area contributed by atoms with Crippen LogP contribution in [0.3, 0.4) is 0 Å². The Morgan fingerprint density at radius 3 is 1.67 bits per heavy atom. The Hall–Kier alpha value is -5.02. The van der Waals surface area contributed by atoms with Crippen LogP contribution in [0.4, 0.5) is 0 Å². The SMILES string of the molecule is CC1(C)OC(=O)C=C([OH2+])O1.CC1(C)OC(=O)C=C([OH2+])O1.O=c1c(O)c(-c2ccc([OH2+])cc2[OH2+])oc2cc(O)cc(O)c12.[Ti]. The summed E-state index contributed by atoms with van der Waals surface area (Å²) in [5, 5.41) is 58.2. The van der Waals surface area contributed by atoms with Crippen molar-refractivity contribution in [2.24, 2.45) is 0 Å². The van der Waals surface area contributed by atoms with Crippen LogP contribution in [-0.2, 0) is 50.3 Å². The molecule has 228 valence electrons. The fourth-order valence-corrected chi connectivity index (χ4v) is 3.59. The molecule has 0 fully saturated rings. The van der Waals surface area contributed by atoms with E-state index in [1.807, 2.05) is 0 Å². The maximum absolute atomic E-state index is 12.2. The summed E-state index contributed by atoms with van der Waals surface area (Å²) in [6.45, 7) is 6.30. The monoisotopic (exact) mass is 642 g/mol. The molecule has 3 heterocycles. The number of rotatable bonds is 1. The summed E-state index contributed by atoms with van der Waals surface area (Å²) in [7, 11) is 0. The fourth-order valence-electron chi connectivity index (χ4n) is 3.59. The van der Waals surface area contributed by atoms with Crippen LogP contribution in [-0.4, -0.2) is 59.3 Å². The molecule has 0 bridgehead atoms. The number of hydrogen-bond acceptors (Lipinski definition) is 11. The smallest absolute Gasteiger partial charge is 0.462 e. The summed E-state index contributed by atoms with van der Waals surface area (Å²) < 4.78 is 24.4. The van der Waals surface area contributed by atoms with Gasteiger partial charge in [0.2, 0.25) is 11.2 Å². The van der Waals surface area contributed by atoms with E-state index in [0.717, 1.165) is 24.3 Å². The molecule has 0 spiro atoms. The Morgan fingerprint density at radius 1 is 0.721 bits per heavy atom. The van der Waals surface area contributed by atoms with Gasteiger partial charge in [-0.3, -0.25) is 14.3 Å². The molecule has 5 rings (SSSR count). The molecule has 15 nitrogen and oxygen atoms in total. The number of esters is 2.